The average Bonchev–Trinajstić information content (AvgIpc) is 3.37. The lowest BCUT2D eigenvalue weighted by Gasteiger charge is -2.15. The Hall–Kier alpha value is -3.96. The van der Waals surface area contributed by atoms with Gasteiger partial charge in [-0.1, -0.05) is 11.6 Å². The lowest BCUT2D eigenvalue weighted by atomic mass is 9.98. The molecule has 2 aromatic heterocycles. The fourth-order valence-corrected chi connectivity index (χ4v) is 3.55. The third kappa shape index (κ3) is 4.53. The lowest BCUT2D eigenvalue weighted by Crippen LogP contribution is -2.08. The van der Waals surface area contributed by atoms with Crippen LogP contribution >= 0.6 is 0 Å². The molecule has 0 saturated carbocycles. The molecule has 162 valence electrons. The molecule has 0 spiro atoms. The fraction of sp³-hybridized carbons (Fsp3) is 0.250. The van der Waals surface area contributed by atoms with E-state index in [1.807, 2.05) is 38.6 Å². The van der Waals surface area contributed by atoms with Gasteiger partial charge in [0.1, 0.15) is 5.75 Å². The van der Waals surface area contributed by atoms with Crippen LogP contribution in [0.4, 0.5) is 0 Å². The molecule has 0 fully saturated rings. The molecule has 0 amide bonds. The van der Waals surface area contributed by atoms with Gasteiger partial charge in [-0.25, -0.2) is 4.68 Å². The lowest BCUT2D eigenvalue weighted by molar-refractivity contribution is 0.430. The van der Waals surface area contributed by atoms with Crippen molar-refractivity contribution < 1.29 is 4.74 Å². The highest BCUT2D eigenvalue weighted by molar-refractivity contribution is 6.03. The summed E-state index contributed by atoms with van der Waals surface area (Å²) >= 11 is 0. The summed E-state index contributed by atoms with van der Waals surface area (Å²) in [4.78, 5) is 4.71. The van der Waals surface area contributed by atoms with Crippen molar-refractivity contribution in [1.29, 1.82) is 5.26 Å². The van der Waals surface area contributed by atoms with Gasteiger partial charge in [0.25, 0.3) is 0 Å². The van der Waals surface area contributed by atoms with Gasteiger partial charge in [0, 0.05) is 50.2 Å². The highest BCUT2D eigenvalue weighted by atomic mass is 16.5. The summed E-state index contributed by atoms with van der Waals surface area (Å²) in [5.41, 5.74) is 12.0. The van der Waals surface area contributed by atoms with Crippen LogP contribution < -0.4 is 10.5 Å². The Balaban J connectivity index is 1.72. The minimum absolute atomic E-state index is 0.428. The van der Waals surface area contributed by atoms with Crippen LogP contribution in [0, 0.1) is 11.3 Å². The van der Waals surface area contributed by atoms with Crippen LogP contribution in [0.25, 0.3) is 11.3 Å². The molecule has 3 aromatic rings. The van der Waals surface area contributed by atoms with Gasteiger partial charge in [-0.3, -0.25) is 9.67 Å². The van der Waals surface area contributed by atoms with Crippen LogP contribution in [0.15, 0.2) is 65.1 Å². The summed E-state index contributed by atoms with van der Waals surface area (Å²) in [7, 11) is 3.68. The maximum Gasteiger partial charge on any atom is 0.218 e. The van der Waals surface area contributed by atoms with Crippen molar-refractivity contribution in [3.8, 4) is 29.0 Å². The second-order valence-electron chi connectivity index (χ2n) is 7.79. The zero-order chi connectivity index (χ0) is 22.7. The van der Waals surface area contributed by atoms with E-state index < -0.39 is 0 Å². The predicted octanol–water partition coefficient (Wildman–Crippen LogP) is 3.86. The molecule has 32 heavy (non-hydrogen) atoms. The Morgan fingerprint density at radius 2 is 2.06 bits per heavy atom. The van der Waals surface area contributed by atoms with E-state index in [4.69, 9.17) is 15.5 Å². The SMILES string of the molecule is C/C1=C/C(CN)=C\N=C(c2ccc(C#N)cc2Oc2cc(-c3cnn(C)c3)nn2C)CC1. The smallest absolute Gasteiger partial charge is 0.218 e. The van der Waals surface area contributed by atoms with E-state index >= 15 is 0 Å². The van der Waals surface area contributed by atoms with E-state index in [0.717, 1.165) is 40.9 Å². The third-order valence-electron chi connectivity index (χ3n) is 5.28. The minimum Gasteiger partial charge on any atom is -0.439 e. The Morgan fingerprint density at radius 1 is 1.22 bits per heavy atom. The number of ether oxygens (including phenoxy) is 1. The zero-order valence-electron chi connectivity index (χ0n) is 18.4. The Labute approximate surface area is 186 Å². The van der Waals surface area contributed by atoms with Gasteiger partial charge in [-0.05, 0) is 43.5 Å². The highest BCUT2D eigenvalue weighted by Crippen LogP contribution is 2.31. The van der Waals surface area contributed by atoms with Gasteiger partial charge in [-0.15, -0.1) is 0 Å². The summed E-state index contributed by atoms with van der Waals surface area (Å²) in [6.45, 7) is 2.52. The number of aryl methyl sites for hydroxylation is 2. The molecule has 0 atom stereocenters. The maximum atomic E-state index is 9.43. The van der Waals surface area contributed by atoms with Crippen molar-refractivity contribution in [2.75, 3.05) is 6.54 Å². The van der Waals surface area contributed by atoms with E-state index in [9.17, 15) is 5.26 Å². The van der Waals surface area contributed by atoms with Crippen LogP contribution in [0.5, 0.6) is 11.6 Å². The van der Waals surface area contributed by atoms with Crippen LogP contribution in [0.3, 0.4) is 0 Å². The number of nitrogens with two attached hydrogens (primary N) is 1. The van der Waals surface area contributed by atoms with E-state index in [0.29, 0.717) is 23.7 Å². The van der Waals surface area contributed by atoms with Crippen molar-refractivity contribution in [3.63, 3.8) is 0 Å². The molecule has 0 radical (unpaired) electrons. The molecule has 1 aliphatic rings. The van der Waals surface area contributed by atoms with Gasteiger partial charge < -0.3 is 10.5 Å². The second kappa shape index (κ2) is 9.04. The predicted molar refractivity (Wildman–Crippen MR) is 123 cm³/mol. The minimum atomic E-state index is 0.428. The number of nitrogens with zero attached hydrogens (tertiary/aromatic N) is 6. The Bertz CT molecular complexity index is 1280. The molecule has 8 heteroatoms. The maximum absolute atomic E-state index is 9.43. The highest BCUT2D eigenvalue weighted by Gasteiger charge is 2.17. The topological polar surface area (TPSA) is 107 Å². The first kappa shape index (κ1) is 21.3. The van der Waals surface area contributed by atoms with Crippen molar-refractivity contribution in [2.24, 2.45) is 24.8 Å². The zero-order valence-corrected chi connectivity index (χ0v) is 18.4. The number of benzene rings is 1. The molecule has 1 aromatic carbocycles. The number of rotatable bonds is 5. The second-order valence-corrected chi connectivity index (χ2v) is 7.79. The molecule has 8 nitrogen and oxygen atoms in total. The summed E-state index contributed by atoms with van der Waals surface area (Å²) in [6.07, 6.45) is 9.18. The molecule has 3 heterocycles. The summed E-state index contributed by atoms with van der Waals surface area (Å²) < 4.78 is 9.68. The quantitative estimate of drug-likeness (QED) is 0.665. The van der Waals surface area contributed by atoms with E-state index in [1.165, 1.54) is 5.57 Å². The number of nitriles is 1. The van der Waals surface area contributed by atoms with Crippen molar-refractivity contribution in [1.82, 2.24) is 19.6 Å². The standard InChI is InChI=1S/C24H25N7O/c1-16-4-7-21(27-13-18(8-16)12-26)20-6-5-17(11-25)9-23(20)32-24-10-22(29-31(24)3)19-14-28-30(2)15-19/h5-6,8-10,13-15H,4,7,12,26H2,1-3H3/b16-8-,18-13+,27-21?. The molecule has 0 bridgehead atoms. The number of allylic oxidation sites excluding steroid dienone is 1. The molecular weight excluding hydrogens is 402 g/mol. The monoisotopic (exact) mass is 427 g/mol. The summed E-state index contributed by atoms with van der Waals surface area (Å²) in [5, 5.41) is 18.2. The van der Waals surface area contributed by atoms with Crippen LogP contribution in [-0.2, 0) is 14.1 Å². The Morgan fingerprint density at radius 3 is 2.78 bits per heavy atom. The normalized spacial score (nSPS) is 17.3. The molecule has 4 rings (SSSR count). The van der Waals surface area contributed by atoms with Gasteiger partial charge in [-0.2, -0.15) is 15.5 Å². The molecule has 2 N–H and O–H groups in total. The number of hydrogen-bond acceptors (Lipinski definition) is 6. The van der Waals surface area contributed by atoms with E-state index in [1.54, 1.807) is 27.7 Å². The summed E-state index contributed by atoms with van der Waals surface area (Å²) in [6, 6.07) is 9.46. The first-order chi connectivity index (χ1) is 15.5. The molecule has 0 aliphatic carbocycles. The average molecular weight is 428 g/mol. The molecule has 0 saturated heterocycles. The number of hydrogen-bond donors (Lipinski definition) is 1. The fourth-order valence-electron chi connectivity index (χ4n) is 3.55. The van der Waals surface area contributed by atoms with Gasteiger partial charge in [0.15, 0.2) is 0 Å². The Kier molecular flexibility index (Phi) is 6.01. The van der Waals surface area contributed by atoms with Crippen LogP contribution in [-0.4, -0.2) is 31.8 Å². The van der Waals surface area contributed by atoms with Crippen LogP contribution in [0.2, 0.25) is 0 Å². The van der Waals surface area contributed by atoms with Gasteiger partial charge >= 0.3 is 0 Å². The number of aliphatic imine (C=N–C) groups is 1. The van der Waals surface area contributed by atoms with Crippen molar-refractivity contribution in [3.05, 3.63) is 71.2 Å². The van der Waals surface area contributed by atoms with Crippen molar-refractivity contribution >= 4 is 5.71 Å². The van der Waals surface area contributed by atoms with Crippen molar-refractivity contribution in [2.45, 2.75) is 19.8 Å². The van der Waals surface area contributed by atoms with E-state index in [2.05, 4.69) is 29.3 Å². The molecular formula is C24H25N7O. The third-order valence-corrected chi connectivity index (χ3v) is 5.28. The number of aromatic nitrogens is 4. The van der Waals surface area contributed by atoms with Crippen LogP contribution in [0.1, 0.15) is 30.9 Å². The van der Waals surface area contributed by atoms with Gasteiger partial charge in [0.05, 0.1) is 29.2 Å². The first-order valence-corrected chi connectivity index (χ1v) is 10.3. The molecule has 0 unspecified atom stereocenters. The largest absolute Gasteiger partial charge is 0.439 e. The first-order valence-electron chi connectivity index (χ1n) is 10.3. The molecule has 1 aliphatic heterocycles. The van der Waals surface area contributed by atoms with Gasteiger partial charge in [0.2, 0.25) is 5.88 Å². The van der Waals surface area contributed by atoms with E-state index in [-0.39, 0.29) is 0 Å². The summed E-state index contributed by atoms with van der Waals surface area (Å²) in [5.74, 6) is 1.12.